The van der Waals surface area contributed by atoms with E-state index >= 15 is 0 Å². The number of rotatable bonds is 4. The molecular weight excluding hydrogens is 200 g/mol. The third kappa shape index (κ3) is 2.97. The van der Waals surface area contributed by atoms with Gasteiger partial charge in [0, 0.05) is 19.5 Å². The molecule has 1 unspecified atom stereocenters. The second kappa shape index (κ2) is 5.17. The molecule has 1 aliphatic carbocycles. The molecule has 0 bridgehead atoms. The van der Waals surface area contributed by atoms with E-state index in [0.717, 1.165) is 38.3 Å². The predicted octanol–water partition coefficient (Wildman–Crippen LogP) is 1.63. The molecule has 16 heavy (non-hydrogen) atoms. The van der Waals surface area contributed by atoms with Crippen LogP contribution in [0, 0.1) is 11.8 Å². The molecule has 1 amide bonds. The lowest BCUT2D eigenvalue weighted by molar-refractivity contribution is -0.133. The van der Waals surface area contributed by atoms with Gasteiger partial charge in [0.05, 0.1) is 0 Å². The molecule has 0 aromatic rings. The standard InChI is InChI=1S/C13H24N2O/c1-10(12-3-4-12)15(2)13(16)9-11-5-7-14-8-6-11/h10-12,14H,3-9H2,1-2H3. The lowest BCUT2D eigenvalue weighted by Crippen LogP contribution is -2.38. The van der Waals surface area contributed by atoms with Crippen LogP contribution >= 0.6 is 0 Å². The lowest BCUT2D eigenvalue weighted by atomic mass is 9.94. The van der Waals surface area contributed by atoms with Crippen LogP contribution in [0.15, 0.2) is 0 Å². The summed E-state index contributed by atoms with van der Waals surface area (Å²) in [4.78, 5) is 14.1. The molecule has 3 heteroatoms. The number of carbonyl (C=O) groups excluding carboxylic acids is 1. The normalized spacial score (nSPS) is 24.1. The van der Waals surface area contributed by atoms with Crippen LogP contribution in [0.2, 0.25) is 0 Å². The summed E-state index contributed by atoms with van der Waals surface area (Å²) >= 11 is 0. The Hall–Kier alpha value is -0.570. The van der Waals surface area contributed by atoms with Gasteiger partial charge in [0.15, 0.2) is 0 Å². The van der Waals surface area contributed by atoms with Crippen LogP contribution in [0.3, 0.4) is 0 Å². The molecule has 1 saturated heterocycles. The SMILES string of the molecule is CC(C1CC1)N(C)C(=O)CC1CCNCC1. The van der Waals surface area contributed by atoms with Gasteiger partial charge < -0.3 is 10.2 Å². The van der Waals surface area contributed by atoms with E-state index in [1.807, 2.05) is 11.9 Å². The van der Waals surface area contributed by atoms with Crippen molar-refractivity contribution in [3.63, 3.8) is 0 Å². The Bertz CT molecular complexity index is 244. The van der Waals surface area contributed by atoms with E-state index in [2.05, 4.69) is 12.2 Å². The van der Waals surface area contributed by atoms with Gasteiger partial charge in [-0.15, -0.1) is 0 Å². The maximum atomic E-state index is 12.1. The number of piperidine rings is 1. The number of hydrogen-bond acceptors (Lipinski definition) is 2. The fourth-order valence-corrected chi connectivity index (χ4v) is 2.60. The Morgan fingerprint density at radius 3 is 2.50 bits per heavy atom. The first kappa shape index (κ1) is 11.9. The van der Waals surface area contributed by atoms with Crippen LogP contribution in [0.1, 0.15) is 39.0 Å². The van der Waals surface area contributed by atoms with E-state index in [1.165, 1.54) is 12.8 Å². The zero-order valence-electron chi connectivity index (χ0n) is 10.5. The maximum Gasteiger partial charge on any atom is 0.222 e. The quantitative estimate of drug-likeness (QED) is 0.787. The minimum absolute atomic E-state index is 0.353. The van der Waals surface area contributed by atoms with Crippen molar-refractivity contribution in [1.82, 2.24) is 10.2 Å². The molecule has 0 radical (unpaired) electrons. The number of amides is 1. The first-order valence-electron chi connectivity index (χ1n) is 6.65. The van der Waals surface area contributed by atoms with Crippen LogP contribution in [0.25, 0.3) is 0 Å². The Morgan fingerprint density at radius 1 is 1.31 bits per heavy atom. The van der Waals surface area contributed by atoms with Crippen molar-refractivity contribution < 1.29 is 4.79 Å². The smallest absolute Gasteiger partial charge is 0.222 e. The average molecular weight is 224 g/mol. The Labute approximate surface area is 98.6 Å². The molecule has 1 saturated carbocycles. The molecule has 2 aliphatic rings. The second-order valence-corrected chi connectivity index (χ2v) is 5.48. The topological polar surface area (TPSA) is 32.3 Å². The van der Waals surface area contributed by atoms with Gasteiger partial charge in [0.2, 0.25) is 5.91 Å². The molecule has 0 spiro atoms. The van der Waals surface area contributed by atoms with Gasteiger partial charge in [-0.25, -0.2) is 0 Å². The summed E-state index contributed by atoms with van der Waals surface area (Å²) in [5.41, 5.74) is 0. The van der Waals surface area contributed by atoms with E-state index in [0.29, 0.717) is 17.9 Å². The predicted molar refractivity (Wildman–Crippen MR) is 65.2 cm³/mol. The van der Waals surface area contributed by atoms with Crippen molar-refractivity contribution in [1.29, 1.82) is 0 Å². The highest BCUT2D eigenvalue weighted by Crippen LogP contribution is 2.35. The van der Waals surface area contributed by atoms with Crippen LogP contribution in [0.5, 0.6) is 0 Å². The second-order valence-electron chi connectivity index (χ2n) is 5.48. The number of carbonyl (C=O) groups is 1. The molecule has 2 rings (SSSR count). The van der Waals surface area contributed by atoms with Crippen molar-refractivity contribution in [2.24, 2.45) is 11.8 Å². The van der Waals surface area contributed by atoms with Gasteiger partial charge in [0.25, 0.3) is 0 Å². The van der Waals surface area contributed by atoms with Crippen molar-refractivity contribution in [2.75, 3.05) is 20.1 Å². The molecule has 1 aliphatic heterocycles. The summed E-state index contributed by atoms with van der Waals surface area (Å²) in [5, 5.41) is 3.34. The van der Waals surface area contributed by atoms with E-state index in [9.17, 15) is 4.79 Å². The molecule has 0 aromatic heterocycles. The largest absolute Gasteiger partial charge is 0.343 e. The van der Waals surface area contributed by atoms with E-state index in [1.54, 1.807) is 0 Å². The van der Waals surface area contributed by atoms with E-state index in [4.69, 9.17) is 0 Å². The third-order valence-electron chi connectivity index (χ3n) is 4.23. The van der Waals surface area contributed by atoms with Gasteiger partial charge in [-0.1, -0.05) is 0 Å². The van der Waals surface area contributed by atoms with Crippen LogP contribution in [-0.4, -0.2) is 37.0 Å². The molecule has 1 heterocycles. The van der Waals surface area contributed by atoms with Crippen molar-refractivity contribution in [3.8, 4) is 0 Å². The molecular formula is C13H24N2O. The summed E-state index contributed by atoms with van der Waals surface area (Å²) in [5.74, 6) is 1.75. The van der Waals surface area contributed by atoms with E-state index in [-0.39, 0.29) is 0 Å². The minimum atomic E-state index is 0.353. The highest BCUT2D eigenvalue weighted by atomic mass is 16.2. The summed E-state index contributed by atoms with van der Waals surface area (Å²) in [6.07, 6.45) is 5.71. The highest BCUT2D eigenvalue weighted by molar-refractivity contribution is 5.76. The van der Waals surface area contributed by atoms with Crippen molar-refractivity contribution in [2.45, 2.75) is 45.1 Å². The zero-order chi connectivity index (χ0) is 11.5. The summed E-state index contributed by atoms with van der Waals surface area (Å²) in [7, 11) is 1.98. The maximum absolute atomic E-state index is 12.1. The zero-order valence-corrected chi connectivity index (χ0v) is 10.5. The molecule has 2 fully saturated rings. The fraction of sp³-hybridized carbons (Fsp3) is 0.923. The molecule has 92 valence electrons. The van der Waals surface area contributed by atoms with Gasteiger partial charge in [-0.05, 0) is 57.5 Å². The first-order chi connectivity index (χ1) is 7.68. The summed E-state index contributed by atoms with van der Waals surface area (Å²) in [6, 6.07) is 0.453. The first-order valence-corrected chi connectivity index (χ1v) is 6.65. The summed E-state index contributed by atoms with van der Waals surface area (Å²) in [6.45, 7) is 4.36. The number of nitrogens with zero attached hydrogens (tertiary/aromatic N) is 1. The number of hydrogen-bond donors (Lipinski definition) is 1. The van der Waals surface area contributed by atoms with Gasteiger partial charge >= 0.3 is 0 Å². The Kier molecular flexibility index (Phi) is 3.85. The highest BCUT2D eigenvalue weighted by Gasteiger charge is 2.32. The minimum Gasteiger partial charge on any atom is -0.343 e. The number of nitrogens with one attached hydrogen (secondary N) is 1. The molecule has 3 nitrogen and oxygen atoms in total. The average Bonchev–Trinajstić information content (AvgIpc) is 3.12. The molecule has 1 atom stereocenters. The third-order valence-corrected chi connectivity index (χ3v) is 4.23. The van der Waals surface area contributed by atoms with E-state index < -0.39 is 0 Å². The van der Waals surface area contributed by atoms with Gasteiger partial charge in [-0.3, -0.25) is 4.79 Å². The van der Waals surface area contributed by atoms with Gasteiger partial charge in [0.1, 0.15) is 0 Å². The lowest BCUT2D eigenvalue weighted by Gasteiger charge is -2.28. The Balaban J connectivity index is 1.76. The monoisotopic (exact) mass is 224 g/mol. The van der Waals surface area contributed by atoms with Gasteiger partial charge in [-0.2, -0.15) is 0 Å². The molecule has 1 N–H and O–H groups in total. The van der Waals surface area contributed by atoms with Crippen LogP contribution in [-0.2, 0) is 4.79 Å². The van der Waals surface area contributed by atoms with Crippen molar-refractivity contribution >= 4 is 5.91 Å². The molecule has 0 aromatic carbocycles. The van der Waals surface area contributed by atoms with Crippen LogP contribution < -0.4 is 5.32 Å². The Morgan fingerprint density at radius 2 is 1.94 bits per heavy atom. The summed E-state index contributed by atoms with van der Waals surface area (Å²) < 4.78 is 0. The van der Waals surface area contributed by atoms with Crippen molar-refractivity contribution in [3.05, 3.63) is 0 Å². The van der Waals surface area contributed by atoms with Crippen LogP contribution in [0.4, 0.5) is 0 Å². The fourth-order valence-electron chi connectivity index (χ4n) is 2.60.